The van der Waals surface area contributed by atoms with E-state index in [-0.39, 0.29) is 6.92 Å². The van der Waals surface area contributed by atoms with Gasteiger partial charge in [0.15, 0.2) is 6.17 Å². The maximum Gasteiger partial charge on any atom is 0.392 e. The van der Waals surface area contributed by atoms with Crippen LogP contribution in [0, 0.1) is 0 Å². The number of aliphatic carboxylic acids is 2. The number of alkyl halides is 12. The van der Waals surface area contributed by atoms with Gasteiger partial charge < -0.3 is 10.2 Å². The normalized spacial score (nSPS) is 15.0. The van der Waals surface area contributed by atoms with Crippen LogP contribution in [0.15, 0.2) is 24.3 Å². The Morgan fingerprint density at radius 3 is 1.53 bits per heavy atom. The molecular formula is C14H12F12O4. The van der Waals surface area contributed by atoms with Gasteiger partial charge in [-0.3, -0.25) is 0 Å². The van der Waals surface area contributed by atoms with Crippen LogP contribution < -0.4 is 0 Å². The van der Waals surface area contributed by atoms with Crippen molar-refractivity contribution in [1.82, 2.24) is 0 Å². The lowest BCUT2D eigenvalue weighted by molar-refractivity contribution is -0.369. The molecule has 0 aliphatic carbocycles. The van der Waals surface area contributed by atoms with Crippen LogP contribution in [0.1, 0.15) is 13.3 Å². The molecule has 0 saturated carbocycles. The van der Waals surface area contributed by atoms with Crippen LogP contribution in [-0.2, 0) is 9.59 Å². The van der Waals surface area contributed by atoms with E-state index >= 15 is 0 Å². The third kappa shape index (κ3) is 7.12. The Morgan fingerprint density at radius 2 is 1.27 bits per heavy atom. The van der Waals surface area contributed by atoms with Crippen LogP contribution in [0.2, 0.25) is 0 Å². The van der Waals surface area contributed by atoms with Crippen LogP contribution in [0.5, 0.6) is 0 Å². The van der Waals surface area contributed by atoms with Crippen LogP contribution in [0.25, 0.3) is 0 Å². The molecule has 0 aromatic rings. The number of hydrogen-bond donors (Lipinski definition) is 2. The average molecular weight is 472 g/mol. The summed E-state index contributed by atoms with van der Waals surface area (Å²) in [6.07, 6.45) is -14.6. The van der Waals surface area contributed by atoms with E-state index in [9.17, 15) is 62.3 Å². The Labute approximate surface area is 159 Å². The predicted octanol–water partition coefficient (Wildman–Crippen LogP) is 5.11. The Balaban J connectivity index is 0. The fourth-order valence-corrected chi connectivity index (χ4v) is 1.37. The van der Waals surface area contributed by atoms with E-state index in [1.807, 2.05) is 0 Å². The van der Waals surface area contributed by atoms with E-state index in [1.165, 1.54) is 0 Å². The van der Waals surface area contributed by atoms with E-state index in [0.29, 0.717) is 0 Å². The van der Waals surface area contributed by atoms with Crippen molar-refractivity contribution in [2.24, 2.45) is 0 Å². The molecule has 0 aliphatic heterocycles. The lowest BCUT2D eigenvalue weighted by Gasteiger charge is -2.37. The van der Waals surface area contributed by atoms with Gasteiger partial charge in [-0.15, -0.1) is 0 Å². The number of halogens is 12. The summed E-state index contributed by atoms with van der Waals surface area (Å²) in [5.41, 5.74) is -1.66. The van der Waals surface area contributed by atoms with Crippen molar-refractivity contribution in [3.05, 3.63) is 24.3 Å². The molecule has 1 atom stereocenters. The van der Waals surface area contributed by atoms with E-state index < -0.39 is 66.0 Å². The fraction of sp³-hybridized carbons (Fsp3) is 0.571. The predicted molar refractivity (Wildman–Crippen MR) is 74.6 cm³/mol. The second-order valence-electron chi connectivity index (χ2n) is 5.36. The first kappa shape index (κ1) is 29.8. The zero-order valence-electron chi connectivity index (χ0n) is 14.4. The number of carboxylic acids is 2. The molecule has 176 valence electrons. The molecule has 30 heavy (non-hydrogen) atoms. The van der Waals surface area contributed by atoms with Crippen molar-refractivity contribution >= 4 is 11.9 Å². The highest BCUT2D eigenvalue weighted by Crippen LogP contribution is 2.55. The van der Waals surface area contributed by atoms with Gasteiger partial charge in [0.05, 0.1) is 6.42 Å². The maximum atomic E-state index is 13.2. The Bertz CT molecular complexity index is 666. The monoisotopic (exact) mass is 472 g/mol. The van der Waals surface area contributed by atoms with Gasteiger partial charge in [-0.05, 0) is 6.92 Å². The number of hydrogen-bond acceptors (Lipinski definition) is 2. The lowest BCUT2D eigenvalue weighted by atomic mass is 9.93. The third-order valence-electron chi connectivity index (χ3n) is 2.95. The lowest BCUT2D eigenvalue weighted by Crippen LogP contribution is -2.64. The minimum atomic E-state index is -7.29. The highest BCUT2D eigenvalue weighted by Gasteiger charge is 2.82. The summed E-state index contributed by atoms with van der Waals surface area (Å²) >= 11 is 0. The van der Waals surface area contributed by atoms with Gasteiger partial charge in [-0.1, -0.05) is 6.58 Å². The first-order valence-corrected chi connectivity index (χ1v) is 6.98. The molecule has 0 aromatic heterocycles. The molecule has 0 aliphatic rings. The molecular weight excluding hydrogens is 460 g/mol. The molecule has 0 fully saturated rings. The van der Waals surface area contributed by atoms with E-state index in [2.05, 4.69) is 6.58 Å². The quantitative estimate of drug-likeness (QED) is 0.381. The van der Waals surface area contributed by atoms with Crippen molar-refractivity contribution in [2.75, 3.05) is 0 Å². The average Bonchev–Trinajstić information content (AvgIpc) is 2.52. The summed E-state index contributed by atoms with van der Waals surface area (Å²) in [6, 6.07) is 0. The van der Waals surface area contributed by atoms with E-state index in [4.69, 9.17) is 10.2 Å². The molecule has 0 bridgehead atoms. The van der Waals surface area contributed by atoms with Crippen LogP contribution in [0.4, 0.5) is 52.7 Å². The Morgan fingerprint density at radius 1 is 0.900 bits per heavy atom. The highest BCUT2D eigenvalue weighted by atomic mass is 19.4. The molecule has 16 heteroatoms. The minimum absolute atomic E-state index is 0.226. The first-order chi connectivity index (χ1) is 13.0. The Kier molecular flexibility index (Phi) is 9.52. The molecule has 0 radical (unpaired) electrons. The summed E-state index contributed by atoms with van der Waals surface area (Å²) in [6.45, 7) is 3.19. The molecule has 0 rings (SSSR count). The van der Waals surface area contributed by atoms with Gasteiger partial charge in [0.25, 0.3) is 0 Å². The second-order valence-corrected chi connectivity index (χ2v) is 5.36. The van der Waals surface area contributed by atoms with Crippen LogP contribution in [-0.4, -0.2) is 58.2 Å². The van der Waals surface area contributed by atoms with Gasteiger partial charge in [-0.2, -0.15) is 48.3 Å². The SMILES string of the molecule is C=CC(=O)O.CC(=CC(F)(F)C(F)(F)C(F)(F)C(F)(F)C(F)CC(F)(F)F)C(=O)O. The molecule has 0 heterocycles. The summed E-state index contributed by atoms with van der Waals surface area (Å²) in [4.78, 5) is 19.5. The summed E-state index contributed by atoms with van der Waals surface area (Å²) < 4.78 is 154. The molecule has 0 amide bonds. The van der Waals surface area contributed by atoms with Crippen molar-refractivity contribution < 1.29 is 72.5 Å². The fourth-order valence-electron chi connectivity index (χ4n) is 1.37. The summed E-state index contributed by atoms with van der Waals surface area (Å²) in [5.74, 6) is -30.8. The van der Waals surface area contributed by atoms with Crippen molar-refractivity contribution in [2.45, 2.75) is 49.4 Å². The van der Waals surface area contributed by atoms with Crippen molar-refractivity contribution in [3.8, 4) is 0 Å². The molecule has 0 aromatic carbocycles. The van der Waals surface area contributed by atoms with E-state index in [1.54, 1.807) is 0 Å². The molecule has 4 nitrogen and oxygen atoms in total. The molecule has 1 unspecified atom stereocenters. The smallest absolute Gasteiger partial charge is 0.392 e. The maximum absolute atomic E-state index is 13.2. The summed E-state index contributed by atoms with van der Waals surface area (Å²) in [5, 5.41) is 15.8. The third-order valence-corrected chi connectivity index (χ3v) is 2.95. The van der Waals surface area contributed by atoms with Crippen LogP contribution in [0.3, 0.4) is 0 Å². The first-order valence-electron chi connectivity index (χ1n) is 6.98. The molecule has 0 spiro atoms. The number of carboxylic acid groups (broad SMARTS) is 2. The van der Waals surface area contributed by atoms with E-state index in [0.717, 1.165) is 6.08 Å². The Hall–Kier alpha value is -2.42. The largest absolute Gasteiger partial charge is 0.478 e. The minimum Gasteiger partial charge on any atom is -0.478 e. The van der Waals surface area contributed by atoms with Gasteiger partial charge in [0.1, 0.15) is 0 Å². The summed E-state index contributed by atoms with van der Waals surface area (Å²) in [7, 11) is 0. The molecule has 2 N–H and O–H groups in total. The number of rotatable bonds is 8. The van der Waals surface area contributed by atoms with Crippen molar-refractivity contribution in [1.29, 1.82) is 0 Å². The van der Waals surface area contributed by atoms with Crippen molar-refractivity contribution in [3.63, 3.8) is 0 Å². The van der Waals surface area contributed by atoms with Crippen LogP contribution >= 0.6 is 0 Å². The number of allylic oxidation sites excluding steroid dienone is 1. The van der Waals surface area contributed by atoms with Gasteiger partial charge >= 0.3 is 41.8 Å². The van der Waals surface area contributed by atoms with Gasteiger partial charge in [-0.25, -0.2) is 14.0 Å². The second kappa shape index (κ2) is 9.59. The number of carbonyl (C=O) groups is 2. The molecule has 0 saturated heterocycles. The highest BCUT2D eigenvalue weighted by molar-refractivity contribution is 5.86. The van der Waals surface area contributed by atoms with Gasteiger partial charge in [0, 0.05) is 17.7 Å². The standard InChI is InChI=1S/C11H8F12O2.C3H4O2/c1-4(6(24)25)2-7(13,14)10(20,21)11(22,23)9(18,19)5(12)3-8(15,16)17;1-2-3(4)5/h2,5H,3H2,1H3,(H,24,25);2H,1H2,(H,4,5). The van der Waals surface area contributed by atoms with Gasteiger partial charge in [0.2, 0.25) is 0 Å². The zero-order valence-corrected chi connectivity index (χ0v) is 14.4. The topological polar surface area (TPSA) is 74.6 Å². The zero-order chi connectivity index (χ0) is 24.9.